The normalized spacial score (nSPS) is 9.43. The molecule has 0 aliphatic carbocycles. The van der Waals surface area contributed by atoms with Crippen LogP contribution in [0.15, 0.2) is 67.1 Å². The van der Waals surface area contributed by atoms with Crippen molar-refractivity contribution < 1.29 is 0 Å². The molecule has 0 fully saturated rings. The van der Waals surface area contributed by atoms with E-state index in [2.05, 4.69) is 20.4 Å². The quantitative estimate of drug-likeness (QED) is 0.253. The molecule has 0 atom stereocenters. The Morgan fingerprint density at radius 1 is 0.913 bits per heavy atom. The number of hydrazine groups is 1. The first-order chi connectivity index (χ1) is 11.2. The van der Waals surface area contributed by atoms with Crippen molar-refractivity contribution in [2.24, 2.45) is 11.6 Å². The molecular weight excluding hydrogens is 290 g/mol. The number of hydrogen-bond acceptors (Lipinski definition) is 6. The maximum Gasteiger partial charge on any atom is 0.159 e. The number of benzene rings is 1. The van der Waals surface area contributed by atoms with Gasteiger partial charge in [-0.05, 0) is 30.3 Å². The first kappa shape index (κ1) is 16.1. The molecule has 0 amide bonds. The Balaban J connectivity index is 0.000000185. The molecule has 0 radical (unpaired) electrons. The summed E-state index contributed by atoms with van der Waals surface area (Å²) in [4.78, 5) is 12.1. The molecule has 2 heterocycles. The van der Waals surface area contributed by atoms with Crippen LogP contribution < -0.4 is 17.0 Å². The number of amidine groups is 1. The van der Waals surface area contributed by atoms with E-state index in [4.69, 9.17) is 17.0 Å². The molecule has 1 aromatic carbocycles. The van der Waals surface area contributed by atoms with E-state index in [0.29, 0.717) is 11.5 Å². The van der Waals surface area contributed by atoms with E-state index in [1.807, 2.05) is 24.3 Å². The van der Waals surface area contributed by atoms with Crippen molar-refractivity contribution in [2.75, 3.05) is 5.43 Å². The van der Waals surface area contributed by atoms with Crippen molar-refractivity contribution >= 4 is 11.5 Å². The smallest absolute Gasteiger partial charge is 0.159 e. The van der Waals surface area contributed by atoms with Crippen LogP contribution in [0.5, 0.6) is 0 Å². The minimum Gasteiger partial charge on any atom is -0.382 e. The summed E-state index contributed by atoms with van der Waals surface area (Å²) < 4.78 is 0. The fourth-order valence-corrected chi connectivity index (χ4v) is 1.72. The fraction of sp³-hybridized carbons (Fsp3) is 0. The minimum atomic E-state index is 0.00981. The number of nitrogen functional groups attached to an aromatic ring is 2. The summed E-state index contributed by atoms with van der Waals surface area (Å²) in [6.07, 6.45) is 5.03. The van der Waals surface area contributed by atoms with Gasteiger partial charge in [-0.3, -0.25) is 16.2 Å². The van der Waals surface area contributed by atoms with Gasteiger partial charge in [-0.15, -0.1) is 0 Å². The van der Waals surface area contributed by atoms with Crippen LogP contribution in [-0.2, 0) is 0 Å². The molecule has 6 N–H and O–H groups in total. The van der Waals surface area contributed by atoms with E-state index >= 15 is 0 Å². The second-order valence-corrected chi connectivity index (χ2v) is 4.43. The van der Waals surface area contributed by atoms with Crippen molar-refractivity contribution in [2.45, 2.75) is 0 Å². The van der Waals surface area contributed by atoms with Gasteiger partial charge in [-0.1, -0.05) is 18.2 Å². The number of nitrogens with one attached hydrogen (secondary N) is 2. The second-order valence-electron chi connectivity index (χ2n) is 4.43. The van der Waals surface area contributed by atoms with Crippen LogP contribution in [0.3, 0.4) is 0 Å². The summed E-state index contributed by atoms with van der Waals surface area (Å²) in [5, 5.41) is 6.95. The number of nitrogens with zero attached hydrogens (tertiary/aromatic N) is 3. The molecule has 0 bridgehead atoms. The zero-order chi connectivity index (χ0) is 16.5. The summed E-state index contributed by atoms with van der Waals surface area (Å²) in [5.41, 5.74) is 10.0. The highest BCUT2D eigenvalue weighted by molar-refractivity contribution is 5.92. The Bertz CT molecular complexity index is 745. The van der Waals surface area contributed by atoms with Crippen molar-refractivity contribution in [3.05, 3.63) is 72.8 Å². The molecule has 0 spiro atoms. The molecule has 0 aliphatic heterocycles. The van der Waals surface area contributed by atoms with Gasteiger partial charge in [0.15, 0.2) is 5.82 Å². The predicted molar refractivity (Wildman–Crippen MR) is 90.5 cm³/mol. The molecule has 2 aromatic heterocycles. The Morgan fingerprint density at radius 2 is 1.65 bits per heavy atom. The SMILES string of the molecule is N=C(N)c1ccccn1.NNc1cccc(-c2ncccn2)c1. The van der Waals surface area contributed by atoms with Crippen LogP contribution in [0.2, 0.25) is 0 Å². The first-order valence-electron chi connectivity index (χ1n) is 6.80. The number of rotatable bonds is 3. The van der Waals surface area contributed by atoms with E-state index in [1.54, 1.807) is 42.9 Å². The van der Waals surface area contributed by atoms with Crippen molar-refractivity contribution in [1.29, 1.82) is 5.41 Å². The average Bonchev–Trinajstić information content (AvgIpc) is 2.64. The van der Waals surface area contributed by atoms with Gasteiger partial charge < -0.3 is 11.2 Å². The molecule has 0 unspecified atom stereocenters. The van der Waals surface area contributed by atoms with Crippen molar-refractivity contribution in [3.63, 3.8) is 0 Å². The molecule has 0 saturated heterocycles. The molecule has 7 heteroatoms. The second kappa shape index (κ2) is 8.20. The Morgan fingerprint density at radius 3 is 2.22 bits per heavy atom. The van der Waals surface area contributed by atoms with E-state index in [9.17, 15) is 0 Å². The topological polar surface area (TPSA) is 127 Å². The summed E-state index contributed by atoms with van der Waals surface area (Å²) in [5.74, 6) is 6.01. The largest absolute Gasteiger partial charge is 0.382 e. The predicted octanol–water partition coefficient (Wildman–Crippen LogP) is 1.79. The third-order valence-corrected chi connectivity index (χ3v) is 2.79. The molecule has 0 saturated carbocycles. The van der Waals surface area contributed by atoms with Crippen LogP contribution in [0, 0.1) is 5.41 Å². The lowest BCUT2D eigenvalue weighted by atomic mass is 10.2. The lowest BCUT2D eigenvalue weighted by Gasteiger charge is -2.02. The number of hydrogen-bond donors (Lipinski definition) is 4. The standard InChI is InChI=1S/C10H10N4.C6H7N3/c11-14-9-4-1-3-8(7-9)10-12-5-2-6-13-10;7-6(8)5-3-1-2-4-9-5/h1-7,14H,11H2;1-4H,(H3,7,8). The highest BCUT2D eigenvalue weighted by Gasteiger charge is 1.99. The summed E-state index contributed by atoms with van der Waals surface area (Å²) in [7, 11) is 0. The molecule has 7 nitrogen and oxygen atoms in total. The summed E-state index contributed by atoms with van der Waals surface area (Å²) in [6.45, 7) is 0. The van der Waals surface area contributed by atoms with Crippen LogP contribution in [0.1, 0.15) is 5.69 Å². The van der Waals surface area contributed by atoms with Crippen LogP contribution in [-0.4, -0.2) is 20.8 Å². The molecule has 3 aromatic rings. The van der Waals surface area contributed by atoms with Gasteiger partial charge in [0, 0.05) is 29.8 Å². The molecule has 0 aliphatic rings. The van der Waals surface area contributed by atoms with E-state index < -0.39 is 0 Å². The number of aromatic nitrogens is 3. The summed E-state index contributed by atoms with van der Waals surface area (Å²) in [6, 6.07) is 14.7. The zero-order valence-electron chi connectivity index (χ0n) is 12.3. The molecule has 116 valence electrons. The van der Waals surface area contributed by atoms with Gasteiger partial charge in [0.25, 0.3) is 0 Å². The van der Waals surface area contributed by atoms with E-state index in [0.717, 1.165) is 11.3 Å². The fourth-order valence-electron chi connectivity index (χ4n) is 1.72. The lowest BCUT2D eigenvalue weighted by molar-refractivity contribution is 1.17. The van der Waals surface area contributed by atoms with Crippen molar-refractivity contribution in [1.82, 2.24) is 15.0 Å². The van der Waals surface area contributed by atoms with Gasteiger partial charge >= 0.3 is 0 Å². The Kier molecular flexibility index (Phi) is 5.73. The van der Waals surface area contributed by atoms with Crippen LogP contribution in [0.4, 0.5) is 5.69 Å². The lowest BCUT2D eigenvalue weighted by Crippen LogP contribution is -2.12. The average molecular weight is 307 g/mol. The van der Waals surface area contributed by atoms with E-state index in [-0.39, 0.29) is 5.84 Å². The number of anilines is 1. The Hall–Kier alpha value is -3.32. The molecular formula is C16H17N7. The zero-order valence-corrected chi connectivity index (χ0v) is 12.3. The van der Waals surface area contributed by atoms with Gasteiger partial charge in [-0.25, -0.2) is 9.97 Å². The third-order valence-electron chi connectivity index (χ3n) is 2.79. The monoisotopic (exact) mass is 307 g/mol. The maximum absolute atomic E-state index is 6.95. The Labute approximate surface area is 133 Å². The molecule has 3 rings (SSSR count). The van der Waals surface area contributed by atoms with Gasteiger partial charge in [0.2, 0.25) is 0 Å². The van der Waals surface area contributed by atoms with Gasteiger partial charge in [0.1, 0.15) is 11.5 Å². The first-order valence-corrected chi connectivity index (χ1v) is 6.80. The minimum absolute atomic E-state index is 0.00981. The number of nitrogens with two attached hydrogens (primary N) is 2. The highest BCUT2D eigenvalue weighted by atomic mass is 15.2. The number of pyridine rings is 1. The maximum atomic E-state index is 6.95. The third kappa shape index (κ3) is 4.87. The summed E-state index contributed by atoms with van der Waals surface area (Å²) >= 11 is 0. The van der Waals surface area contributed by atoms with Gasteiger partial charge in [-0.2, -0.15) is 0 Å². The van der Waals surface area contributed by atoms with Crippen molar-refractivity contribution in [3.8, 4) is 11.4 Å². The highest BCUT2D eigenvalue weighted by Crippen LogP contribution is 2.17. The van der Waals surface area contributed by atoms with Crippen LogP contribution in [0.25, 0.3) is 11.4 Å². The van der Waals surface area contributed by atoms with E-state index in [1.165, 1.54) is 0 Å². The molecule has 23 heavy (non-hydrogen) atoms. The van der Waals surface area contributed by atoms with Gasteiger partial charge in [0.05, 0.1) is 0 Å². The van der Waals surface area contributed by atoms with Crippen LogP contribution >= 0.6 is 0 Å².